The number of nitrogens with zero attached hydrogens (tertiary/aromatic N) is 1. The van der Waals surface area contributed by atoms with Crippen LogP contribution in [0.3, 0.4) is 0 Å². The van der Waals surface area contributed by atoms with Gasteiger partial charge in [-0.3, -0.25) is 9.78 Å². The SMILES string of the molecule is CCOC(=O)CC(O)c1cncc(OC)c1. The van der Waals surface area contributed by atoms with Gasteiger partial charge in [0.15, 0.2) is 0 Å². The lowest BCUT2D eigenvalue weighted by atomic mass is 10.1. The summed E-state index contributed by atoms with van der Waals surface area (Å²) in [5.41, 5.74) is 0.535. The van der Waals surface area contributed by atoms with E-state index in [0.29, 0.717) is 17.9 Å². The van der Waals surface area contributed by atoms with E-state index >= 15 is 0 Å². The molecule has 0 aliphatic rings. The number of aromatic nitrogens is 1. The van der Waals surface area contributed by atoms with Crippen molar-refractivity contribution in [1.82, 2.24) is 4.98 Å². The maximum Gasteiger partial charge on any atom is 0.308 e. The van der Waals surface area contributed by atoms with Crippen LogP contribution in [0.5, 0.6) is 5.75 Å². The number of hydrogen-bond donors (Lipinski definition) is 1. The fourth-order valence-electron chi connectivity index (χ4n) is 1.23. The number of pyridine rings is 1. The molecule has 0 bridgehead atoms. The Hall–Kier alpha value is -1.62. The van der Waals surface area contributed by atoms with Crippen LogP contribution in [0.2, 0.25) is 0 Å². The summed E-state index contributed by atoms with van der Waals surface area (Å²) in [6.45, 7) is 2.03. The smallest absolute Gasteiger partial charge is 0.308 e. The van der Waals surface area contributed by atoms with Crippen LogP contribution in [0, 0.1) is 0 Å². The average Bonchev–Trinajstić information content (AvgIpc) is 2.29. The molecule has 1 N–H and O–H groups in total. The number of ether oxygens (including phenoxy) is 2. The van der Waals surface area contributed by atoms with Crippen LogP contribution in [-0.2, 0) is 9.53 Å². The largest absolute Gasteiger partial charge is 0.495 e. The highest BCUT2D eigenvalue weighted by Gasteiger charge is 2.14. The minimum atomic E-state index is -0.915. The molecule has 0 spiro atoms. The fraction of sp³-hybridized carbons (Fsp3) is 0.455. The zero-order valence-corrected chi connectivity index (χ0v) is 9.34. The molecule has 1 aromatic rings. The number of rotatable bonds is 5. The molecule has 0 aliphatic carbocycles. The fourth-order valence-corrected chi connectivity index (χ4v) is 1.23. The van der Waals surface area contributed by atoms with E-state index in [9.17, 15) is 9.90 Å². The maximum absolute atomic E-state index is 11.1. The molecule has 16 heavy (non-hydrogen) atoms. The summed E-state index contributed by atoms with van der Waals surface area (Å²) in [4.78, 5) is 15.0. The van der Waals surface area contributed by atoms with Crippen molar-refractivity contribution in [2.24, 2.45) is 0 Å². The average molecular weight is 225 g/mol. The van der Waals surface area contributed by atoms with Crippen LogP contribution >= 0.6 is 0 Å². The number of aliphatic hydroxyl groups is 1. The van der Waals surface area contributed by atoms with Gasteiger partial charge in [-0.15, -0.1) is 0 Å². The van der Waals surface area contributed by atoms with Crippen molar-refractivity contribution in [1.29, 1.82) is 0 Å². The summed E-state index contributed by atoms with van der Waals surface area (Å²) in [6, 6.07) is 1.64. The number of hydrogen-bond acceptors (Lipinski definition) is 5. The lowest BCUT2D eigenvalue weighted by molar-refractivity contribution is -0.145. The van der Waals surface area contributed by atoms with Crippen LogP contribution < -0.4 is 4.74 Å². The van der Waals surface area contributed by atoms with E-state index in [-0.39, 0.29) is 6.42 Å². The van der Waals surface area contributed by atoms with Crippen LogP contribution in [0.4, 0.5) is 0 Å². The molecular weight excluding hydrogens is 210 g/mol. The molecule has 0 amide bonds. The first-order valence-electron chi connectivity index (χ1n) is 5.00. The number of aliphatic hydroxyl groups excluding tert-OH is 1. The topological polar surface area (TPSA) is 68.7 Å². The first-order valence-corrected chi connectivity index (χ1v) is 5.00. The normalized spacial score (nSPS) is 11.9. The van der Waals surface area contributed by atoms with Crippen molar-refractivity contribution in [3.63, 3.8) is 0 Å². The predicted octanol–water partition coefficient (Wildman–Crippen LogP) is 1.08. The zero-order valence-electron chi connectivity index (χ0n) is 9.34. The van der Waals surface area contributed by atoms with Crippen LogP contribution in [0.1, 0.15) is 25.0 Å². The van der Waals surface area contributed by atoms with E-state index < -0.39 is 12.1 Å². The molecule has 0 saturated heterocycles. The van der Waals surface area contributed by atoms with Crippen LogP contribution in [0.15, 0.2) is 18.5 Å². The van der Waals surface area contributed by atoms with Gasteiger partial charge in [-0.2, -0.15) is 0 Å². The van der Waals surface area contributed by atoms with Gasteiger partial charge in [-0.1, -0.05) is 0 Å². The predicted molar refractivity (Wildman–Crippen MR) is 57.0 cm³/mol. The van der Waals surface area contributed by atoms with Gasteiger partial charge in [0.25, 0.3) is 0 Å². The molecule has 5 heteroatoms. The van der Waals surface area contributed by atoms with Gasteiger partial charge >= 0.3 is 5.97 Å². The molecule has 1 atom stereocenters. The highest BCUT2D eigenvalue weighted by atomic mass is 16.5. The minimum absolute atomic E-state index is 0.0807. The number of carbonyl (C=O) groups is 1. The molecule has 0 radical (unpaired) electrons. The summed E-state index contributed by atoms with van der Waals surface area (Å²) >= 11 is 0. The summed E-state index contributed by atoms with van der Waals surface area (Å²) in [5, 5.41) is 9.74. The Kier molecular flexibility index (Phi) is 4.72. The Bertz CT molecular complexity index is 354. The quantitative estimate of drug-likeness (QED) is 0.759. The van der Waals surface area contributed by atoms with E-state index in [0.717, 1.165) is 0 Å². The van der Waals surface area contributed by atoms with Crippen molar-refractivity contribution in [2.45, 2.75) is 19.4 Å². The van der Waals surface area contributed by atoms with E-state index in [1.54, 1.807) is 13.0 Å². The Labute approximate surface area is 94.0 Å². The Morgan fingerprint density at radius 1 is 1.56 bits per heavy atom. The third-order valence-electron chi connectivity index (χ3n) is 2.02. The number of esters is 1. The van der Waals surface area contributed by atoms with E-state index in [4.69, 9.17) is 9.47 Å². The lowest BCUT2D eigenvalue weighted by Crippen LogP contribution is -2.10. The van der Waals surface area contributed by atoms with Gasteiger partial charge in [0.1, 0.15) is 5.75 Å². The summed E-state index contributed by atoms with van der Waals surface area (Å²) in [7, 11) is 1.51. The third-order valence-corrected chi connectivity index (χ3v) is 2.02. The van der Waals surface area contributed by atoms with E-state index in [1.807, 2.05) is 0 Å². The van der Waals surface area contributed by atoms with Gasteiger partial charge < -0.3 is 14.6 Å². The Morgan fingerprint density at radius 3 is 2.94 bits per heavy atom. The first kappa shape index (κ1) is 12.4. The maximum atomic E-state index is 11.1. The molecule has 0 fully saturated rings. The van der Waals surface area contributed by atoms with E-state index in [1.165, 1.54) is 19.5 Å². The molecule has 88 valence electrons. The van der Waals surface area contributed by atoms with Crippen molar-refractivity contribution in [3.8, 4) is 5.75 Å². The van der Waals surface area contributed by atoms with Crippen molar-refractivity contribution in [3.05, 3.63) is 24.0 Å². The highest BCUT2D eigenvalue weighted by molar-refractivity contribution is 5.70. The molecular formula is C11H15NO4. The second-order valence-corrected chi connectivity index (χ2v) is 3.18. The van der Waals surface area contributed by atoms with Gasteiger partial charge in [0.05, 0.1) is 32.4 Å². The zero-order chi connectivity index (χ0) is 12.0. The van der Waals surface area contributed by atoms with Crippen molar-refractivity contribution < 1.29 is 19.4 Å². The van der Waals surface area contributed by atoms with Crippen molar-refractivity contribution >= 4 is 5.97 Å². The van der Waals surface area contributed by atoms with Crippen LogP contribution in [-0.4, -0.2) is 29.8 Å². The molecule has 5 nitrogen and oxygen atoms in total. The number of methoxy groups -OCH3 is 1. The molecule has 0 aromatic carbocycles. The standard InChI is InChI=1S/C11H15NO4/c1-3-16-11(14)5-10(13)8-4-9(15-2)7-12-6-8/h4,6-7,10,13H,3,5H2,1-2H3. The van der Waals surface area contributed by atoms with Gasteiger partial charge in [0, 0.05) is 11.8 Å². The van der Waals surface area contributed by atoms with Gasteiger partial charge in [-0.05, 0) is 13.0 Å². The first-order chi connectivity index (χ1) is 7.67. The number of carbonyl (C=O) groups excluding carboxylic acids is 1. The summed E-state index contributed by atoms with van der Waals surface area (Å²) < 4.78 is 9.71. The van der Waals surface area contributed by atoms with Gasteiger partial charge in [0.2, 0.25) is 0 Å². The molecule has 1 rings (SSSR count). The minimum Gasteiger partial charge on any atom is -0.495 e. The summed E-state index contributed by atoms with van der Waals surface area (Å²) in [5.74, 6) is 0.109. The molecule has 0 saturated carbocycles. The lowest BCUT2D eigenvalue weighted by Gasteiger charge is -2.10. The van der Waals surface area contributed by atoms with Crippen molar-refractivity contribution in [2.75, 3.05) is 13.7 Å². The molecule has 1 aromatic heterocycles. The molecule has 1 heterocycles. The monoisotopic (exact) mass is 225 g/mol. The molecule has 1 unspecified atom stereocenters. The molecule has 0 aliphatic heterocycles. The highest BCUT2D eigenvalue weighted by Crippen LogP contribution is 2.20. The summed E-state index contributed by atoms with van der Waals surface area (Å²) in [6.07, 6.45) is 2.03. The Balaban J connectivity index is 2.64. The third kappa shape index (κ3) is 3.51. The van der Waals surface area contributed by atoms with Crippen LogP contribution in [0.25, 0.3) is 0 Å². The second-order valence-electron chi connectivity index (χ2n) is 3.18. The van der Waals surface area contributed by atoms with E-state index in [2.05, 4.69) is 4.98 Å². The second kappa shape index (κ2) is 6.07. The van der Waals surface area contributed by atoms with Gasteiger partial charge in [-0.25, -0.2) is 0 Å². The Morgan fingerprint density at radius 2 is 2.31 bits per heavy atom.